The zero-order valence-electron chi connectivity index (χ0n) is 13.6. The first-order chi connectivity index (χ1) is 11.0. The fourth-order valence-electron chi connectivity index (χ4n) is 2.24. The molecule has 0 aliphatic carbocycles. The van der Waals surface area contributed by atoms with Gasteiger partial charge >= 0.3 is 0 Å². The second-order valence-electron chi connectivity index (χ2n) is 5.13. The Kier molecular flexibility index (Phi) is 5.46. The first-order valence-corrected chi connectivity index (χ1v) is 7.39. The number of aromatic hydroxyl groups is 1. The highest BCUT2D eigenvalue weighted by molar-refractivity contribution is 5.94. The van der Waals surface area contributed by atoms with Gasteiger partial charge in [-0.3, -0.25) is 4.79 Å². The summed E-state index contributed by atoms with van der Waals surface area (Å²) in [6.45, 7) is 2.88. The van der Waals surface area contributed by atoms with Crippen LogP contribution in [0.4, 0.5) is 0 Å². The van der Waals surface area contributed by atoms with E-state index in [1.165, 1.54) is 0 Å². The molecule has 0 aliphatic heterocycles. The van der Waals surface area contributed by atoms with Gasteiger partial charge in [0.1, 0.15) is 5.75 Å². The minimum atomic E-state index is -0.112. The van der Waals surface area contributed by atoms with Crippen molar-refractivity contribution in [3.05, 3.63) is 53.6 Å². The molecule has 0 unspecified atom stereocenters. The highest BCUT2D eigenvalue weighted by Gasteiger charge is 2.15. The van der Waals surface area contributed by atoms with Gasteiger partial charge in [0.2, 0.25) is 0 Å². The van der Waals surface area contributed by atoms with Crippen molar-refractivity contribution in [2.24, 2.45) is 0 Å². The summed E-state index contributed by atoms with van der Waals surface area (Å²) < 4.78 is 10.7. The van der Waals surface area contributed by atoms with E-state index in [2.05, 4.69) is 0 Å². The number of rotatable bonds is 6. The molecule has 122 valence electrons. The Labute approximate surface area is 136 Å². The highest BCUT2D eigenvalue weighted by atomic mass is 16.5. The van der Waals surface area contributed by atoms with Gasteiger partial charge in [0.25, 0.3) is 5.91 Å². The normalized spacial score (nSPS) is 10.2. The lowest BCUT2D eigenvalue weighted by molar-refractivity contribution is 0.0784. The van der Waals surface area contributed by atoms with Gasteiger partial charge in [0.05, 0.1) is 13.7 Å². The second-order valence-corrected chi connectivity index (χ2v) is 5.13. The average Bonchev–Trinajstić information content (AvgIpc) is 2.57. The Morgan fingerprint density at radius 1 is 1.13 bits per heavy atom. The minimum Gasteiger partial charge on any atom is -0.508 e. The van der Waals surface area contributed by atoms with Crippen LogP contribution in [0.2, 0.25) is 0 Å². The van der Waals surface area contributed by atoms with Crippen LogP contribution in [-0.4, -0.2) is 36.7 Å². The monoisotopic (exact) mass is 315 g/mol. The van der Waals surface area contributed by atoms with Crippen molar-refractivity contribution >= 4 is 5.91 Å². The van der Waals surface area contributed by atoms with Crippen molar-refractivity contribution in [1.82, 2.24) is 4.90 Å². The third-order valence-corrected chi connectivity index (χ3v) is 3.41. The molecule has 0 fully saturated rings. The van der Waals surface area contributed by atoms with Crippen molar-refractivity contribution < 1.29 is 19.4 Å². The van der Waals surface area contributed by atoms with Crippen LogP contribution in [-0.2, 0) is 6.54 Å². The van der Waals surface area contributed by atoms with Crippen LogP contribution >= 0.6 is 0 Å². The molecule has 1 amide bonds. The maximum absolute atomic E-state index is 12.5. The number of hydrogen-bond donors (Lipinski definition) is 1. The fourth-order valence-corrected chi connectivity index (χ4v) is 2.24. The number of nitrogens with zero attached hydrogens (tertiary/aromatic N) is 1. The fraction of sp³-hybridized carbons (Fsp3) is 0.278. The number of methoxy groups -OCH3 is 1. The van der Waals surface area contributed by atoms with Crippen LogP contribution in [0, 0.1) is 0 Å². The average molecular weight is 315 g/mol. The van der Waals surface area contributed by atoms with E-state index in [0.29, 0.717) is 30.2 Å². The lowest BCUT2D eigenvalue weighted by atomic mass is 10.1. The Morgan fingerprint density at radius 3 is 2.43 bits per heavy atom. The van der Waals surface area contributed by atoms with Crippen molar-refractivity contribution in [2.75, 3.05) is 20.8 Å². The number of ether oxygens (including phenoxy) is 2. The van der Waals surface area contributed by atoms with Crippen LogP contribution in [0.15, 0.2) is 42.5 Å². The molecule has 0 spiro atoms. The molecule has 2 aromatic carbocycles. The van der Waals surface area contributed by atoms with E-state index >= 15 is 0 Å². The molecule has 23 heavy (non-hydrogen) atoms. The van der Waals surface area contributed by atoms with E-state index in [0.717, 1.165) is 5.56 Å². The van der Waals surface area contributed by atoms with Crippen molar-refractivity contribution in [2.45, 2.75) is 13.5 Å². The van der Waals surface area contributed by atoms with E-state index in [1.54, 1.807) is 61.5 Å². The van der Waals surface area contributed by atoms with Crippen molar-refractivity contribution in [3.8, 4) is 17.2 Å². The van der Waals surface area contributed by atoms with Gasteiger partial charge in [-0.15, -0.1) is 0 Å². The summed E-state index contributed by atoms with van der Waals surface area (Å²) >= 11 is 0. The van der Waals surface area contributed by atoms with Crippen molar-refractivity contribution in [3.63, 3.8) is 0 Å². The van der Waals surface area contributed by atoms with Crippen molar-refractivity contribution in [1.29, 1.82) is 0 Å². The minimum absolute atomic E-state index is 0.112. The van der Waals surface area contributed by atoms with Crippen LogP contribution in [0.1, 0.15) is 22.8 Å². The largest absolute Gasteiger partial charge is 0.508 e. The maximum Gasteiger partial charge on any atom is 0.254 e. The van der Waals surface area contributed by atoms with Gasteiger partial charge in [0, 0.05) is 19.2 Å². The van der Waals surface area contributed by atoms with E-state index in [4.69, 9.17) is 9.47 Å². The van der Waals surface area contributed by atoms with E-state index in [9.17, 15) is 9.90 Å². The molecule has 0 saturated carbocycles. The molecular weight excluding hydrogens is 294 g/mol. The molecule has 5 heteroatoms. The summed E-state index contributed by atoms with van der Waals surface area (Å²) in [6, 6.07) is 11.9. The number of hydrogen-bond acceptors (Lipinski definition) is 4. The smallest absolute Gasteiger partial charge is 0.254 e. The topological polar surface area (TPSA) is 59.0 Å². The molecule has 0 heterocycles. The summed E-state index contributed by atoms with van der Waals surface area (Å²) in [5, 5.41) is 9.30. The first kappa shape index (κ1) is 16.7. The zero-order valence-corrected chi connectivity index (χ0v) is 13.6. The summed E-state index contributed by atoms with van der Waals surface area (Å²) in [5.74, 6) is 1.25. The number of phenols is 1. The van der Waals surface area contributed by atoms with Gasteiger partial charge in [-0.1, -0.05) is 12.1 Å². The molecular formula is C18H21NO4. The molecule has 2 aromatic rings. The molecule has 0 radical (unpaired) electrons. The van der Waals surface area contributed by atoms with Gasteiger partial charge < -0.3 is 19.5 Å². The summed E-state index contributed by atoms with van der Waals surface area (Å²) in [4.78, 5) is 14.1. The third-order valence-electron chi connectivity index (χ3n) is 3.41. The predicted molar refractivity (Wildman–Crippen MR) is 88.1 cm³/mol. The second kappa shape index (κ2) is 7.54. The quantitative estimate of drug-likeness (QED) is 0.890. The van der Waals surface area contributed by atoms with Gasteiger partial charge in [-0.2, -0.15) is 0 Å². The van der Waals surface area contributed by atoms with E-state index in [-0.39, 0.29) is 11.7 Å². The molecule has 0 aliphatic rings. The SMILES string of the molecule is CCOc1ccc(C(=O)N(C)Cc2ccc(O)cc2)cc1OC. The molecule has 0 bridgehead atoms. The van der Waals surface area contributed by atoms with E-state index < -0.39 is 0 Å². The number of phenolic OH excluding ortho intramolecular Hbond substituents is 1. The molecule has 5 nitrogen and oxygen atoms in total. The van der Waals surface area contributed by atoms with Crippen LogP contribution in [0.25, 0.3) is 0 Å². The Hall–Kier alpha value is -2.69. The molecule has 0 aromatic heterocycles. The third kappa shape index (κ3) is 4.16. The highest BCUT2D eigenvalue weighted by Crippen LogP contribution is 2.28. The summed E-state index contributed by atoms with van der Waals surface area (Å²) in [5.41, 5.74) is 1.48. The molecule has 0 saturated heterocycles. The number of carbonyl (C=O) groups is 1. The van der Waals surface area contributed by atoms with Crippen LogP contribution in [0.3, 0.4) is 0 Å². The maximum atomic E-state index is 12.5. The lowest BCUT2D eigenvalue weighted by Crippen LogP contribution is -2.26. The standard InChI is InChI=1S/C18H21NO4/c1-4-23-16-10-7-14(11-17(16)22-3)18(21)19(2)12-13-5-8-15(20)9-6-13/h5-11,20H,4,12H2,1-3H3. The Bertz CT molecular complexity index is 667. The van der Waals surface area contributed by atoms with Gasteiger partial charge in [-0.25, -0.2) is 0 Å². The molecule has 2 rings (SSSR count). The molecule has 1 N–H and O–H groups in total. The summed E-state index contributed by atoms with van der Waals surface area (Å²) in [7, 11) is 3.28. The first-order valence-electron chi connectivity index (χ1n) is 7.39. The predicted octanol–water partition coefficient (Wildman–Crippen LogP) is 3.07. The summed E-state index contributed by atoms with van der Waals surface area (Å²) in [6.07, 6.45) is 0. The number of amides is 1. The zero-order chi connectivity index (χ0) is 16.8. The lowest BCUT2D eigenvalue weighted by Gasteiger charge is -2.18. The number of benzene rings is 2. The van der Waals surface area contributed by atoms with Crippen LogP contribution < -0.4 is 9.47 Å². The van der Waals surface area contributed by atoms with Crippen LogP contribution in [0.5, 0.6) is 17.2 Å². The van der Waals surface area contributed by atoms with E-state index in [1.807, 2.05) is 6.92 Å². The van der Waals surface area contributed by atoms with Gasteiger partial charge in [0.15, 0.2) is 11.5 Å². The Balaban J connectivity index is 2.13. The molecule has 0 atom stereocenters. The van der Waals surface area contributed by atoms with Gasteiger partial charge in [-0.05, 0) is 42.8 Å². The Morgan fingerprint density at radius 2 is 1.83 bits per heavy atom. The number of carbonyl (C=O) groups excluding carboxylic acids is 1.